The van der Waals surface area contributed by atoms with E-state index in [1.807, 2.05) is 0 Å². The van der Waals surface area contributed by atoms with Crippen molar-refractivity contribution < 1.29 is 9.59 Å². The summed E-state index contributed by atoms with van der Waals surface area (Å²) >= 11 is 11.6. The van der Waals surface area contributed by atoms with Gasteiger partial charge in [0.25, 0.3) is 5.91 Å². The van der Waals surface area contributed by atoms with E-state index in [9.17, 15) is 9.59 Å². The highest BCUT2D eigenvalue weighted by Gasteiger charge is 2.24. The number of nitrogens with one attached hydrogen (secondary N) is 2. The number of amides is 2. The number of hydrogen-bond acceptors (Lipinski definition) is 2. The molecule has 96 valence electrons. The van der Waals surface area contributed by atoms with Crippen molar-refractivity contribution in [1.29, 1.82) is 0 Å². The van der Waals surface area contributed by atoms with E-state index in [0.717, 1.165) is 6.42 Å². The summed E-state index contributed by atoms with van der Waals surface area (Å²) in [6, 6.07) is 4.10. The molecule has 0 spiro atoms. The number of halogens is 2. The van der Waals surface area contributed by atoms with E-state index in [0.29, 0.717) is 28.6 Å². The molecule has 0 saturated carbocycles. The first-order chi connectivity index (χ1) is 8.56. The predicted octanol–water partition coefficient (Wildman–Crippen LogP) is 2.00. The lowest BCUT2D eigenvalue weighted by Crippen LogP contribution is -2.50. The van der Waals surface area contributed by atoms with Gasteiger partial charge in [-0.15, -0.1) is 0 Å². The van der Waals surface area contributed by atoms with Crippen LogP contribution >= 0.6 is 23.2 Å². The number of piperidine rings is 1. The van der Waals surface area contributed by atoms with Crippen molar-refractivity contribution >= 4 is 35.0 Å². The summed E-state index contributed by atoms with van der Waals surface area (Å²) in [4.78, 5) is 23.5. The maximum absolute atomic E-state index is 12.0. The van der Waals surface area contributed by atoms with E-state index in [4.69, 9.17) is 23.2 Å². The van der Waals surface area contributed by atoms with E-state index in [1.165, 1.54) is 12.1 Å². The Labute approximate surface area is 115 Å². The Bertz CT molecular complexity index is 471. The van der Waals surface area contributed by atoms with Crippen LogP contribution in [0.5, 0.6) is 0 Å². The average molecular weight is 287 g/mol. The normalized spacial score (nSPS) is 19.2. The summed E-state index contributed by atoms with van der Waals surface area (Å²) in [6.07, 6.45) is 1.50. The van der Waals surface area contributed by atoms with Gasteiger partial charge in [0.1, 0.15) is 6.04 Å². The lowest BCUT2D eigenvalue weighted by atomic mass is 10.1. The molecule has 2 N–H and O–H groups in total. The Morgan fingerprint density at radius 1 is 1.28 bits per heavy atom. The van der Waals surface area contributed by atoms with Gasteiger partial charge in [0.2, 0.25) is 5.91 Å². The minimum atomic E-state index is -0.482. The van der Waals surface area contributed by atoms with Crippen molar-refractivity contribution in [3.63, 3.8) is 0 Å². The van der Waals surface area contributed by atoms with Crippen LogP contribution in [0.2, 0.25) is 10.0 Å². The maximum Gasteiger partial charge on any atom is 0.252 e. The highest BCUT2D eigenvalue weighted by molar-refractivity contribution is 6.35. The van der Waals surface area contributed by atoms with E-state index < -0.39 is 6.04 Å². The molecule has 2 rings (SSSR count). The first-order valence-electron chi connectivity index (χ1n) is 5.61. The van der Waals surface area contributed by atoms with Gasteiger partial charge in [0.15, 0.2) is 0 Å². The molecule has 1 atom stereocenters. The lowest BCUT2D eigenvalue weighted by Gasteiger charge is -2.22. The zero-order chi connectivity index (χ0) is 13.1. The smallest absolute Gasteiger partial charge is 0.252 e. The molecular formula is C12H12Cl2N2O2. The molecule has 1 aromatic rings. The van der Waals surface area contributed by atoms with Crippen LogP contribution in [0.15, 0.2) is 18.2 Å². The Morgan fingerprint density at radius 2 is 1.94 bits per heavy atom. The fraction of sp³-hybridized carbons (Fsp3) is 0.333. The molecule has 0 bridgehead atoms. The van der Waals surface area contributed by atoms with Crippen LogP contribution in [0, 0.1) is 0 Å². The maximum atomic E-state index is 12.0. The van der Waals surface area contributed by atoms with Crippen molar-refractivity contribution in [3.8, 4) is 0 Å². The van der Waals surface area contributed by atoms with E-state index in [2.05, 4.69) is 10.6 Å². The zero-order valence-electron chi connectivity index (χ0n) is 9.50. The van der Waals surface area contributed by atoms with E-state index >= 15 is 0 Å². The third kappa shape index (κ3) is 3.15. The molecule has 1 heterocycles. The van der Waals surface area contributed by atoms with Crippen LogP contribution in [-0.4, -0.2) is 24.4 Å². The van der Waals surface area contributed by atoms with Gasteiger partial charge in [0, 0.05) is 22.2 Å². The molecule has 1 aromatic carbocycles. The Hall–Kier alpha value is -1.26. The minimum absolute atomic E-state index is 0.150. The van der Waals surface area contributed by atoms with Crippen LogP contribution in [0.3, 0.4) is 0 Å². The van der Waals surface area contributed by atoms with Gasteiger partial charge < -0.3 is 10.6 Å². The van der Waals surface area contributed by atoms with Gasteiger partial charge in [0.05, 0.1) is 0 Å². The van der Waals surface area contributed by atoms with Crippen molar-refractivity contribution in [1.82, 2.24) is 10.6 Å². The van der Waals surface area contributed by atoms with Crippen molar-refractivity contribution in [3.05, 3.63) is 33.8 Å². The molecule has 1 aliphatic heterocycles. The molecule has 2 amide bonds. The molecule has 1 saturated heterocycles. The minimum Gasteiger partial charge on any atom is -0.354 e. The van der Waals surface area contributed by atoms with Crippen LogP contribution in [0.4, 0.5) is 0 Å². The standard InChI is InChI=1S/C12H12Cl2N2O2/c13-8-4-7(5-9(14)6-8)11(17)16-10-2-1-3-15-12(10)18/h4-6,10H,1-3H2,(H,15,18)(H,16,17). The van der Waals surface area contributed by atoms with Crippen molar-refractivity contribution in [2.75, 3.05) is 6.54 Å². The molecule has 0 aliphatic carbocycles. The number of carbonyl (C=O) groups is 2. The number of hydrogen-bond donors (Lipinski definition) is 2. The van der Waals surface area contributed by atoms with Crippen molar-refractivity contribution in [2.24, 2.45) is 0 Å². The fourth-order valence-corrected chi connectivity index (χ4v) is 2.36. The van der Waals surface area contributed by atoms with Gasteiger partial charge >= 0.3 is 0 Å². The largest absolute Gasteiger partial charge is 0.354 e. The monoisotopic (exact) mass is 286 g/mol. The second kappa shape index (κ2) is 5.59. The number of carbonyl (C=O) groups excluding carboxylic acids is 2. The van der Waals surface area contributed by atoms with E-state index in [1.54, 1.807) is 6.07 Å². The Balaban J connectivity index is 2.09. The highest BCUT2D eigenvalue weighted by atomic mass is 35.5. The topological polar surface area (TPSA) is 58.2 Å². The predicted molar refractivity (Wildman–Crippen MR) is 70.0 cm³/mol. The Morgan fingerprint density at radius 3 is 2.56 bits per heavy atom. The third-order valence-corrected chi connectivity index (χ3v) is 3.15. The van der Waals surface area contributed by atoms with Gasteiger partial charge in [-0.3, -0.25) is 9.59 Å². The first-order valence-corrected chi connectivity index (χ1v) is 6.36. The quantitative estimate of drug-likeness (QED) is 0.874. The molecular weight excluding hydrogens is 275 g/mol. The van der Waals surface area contributed by atoms with Gasteiger partial charge in [-0.25, -0.2) is 0 Å². The SMILES string of the molecule is O=C(NC1CCCNC1=O)c1cc(Cl)cc(Cl)c1. The van der Waals surface area contributed by atoms with Crippen LogP contribution < -0.4 is 10.6 Å². The summed E-state index contributed by atoms with van der Waals surface area (Å²) in [5, 5.41) is 6.16. The fourth-order valence-electron chi connectivity index (χ4n) is 1.84. The summed E-state index contributed by atoms with van der Waals surface area (Å²) in [6.45, 7) is 0.661. The molecule has 0 radical (unpaired) electrons. The number of rotatable bonds is 2. The van der Waals surface area contributed by atoms with Crippen molar-refractivity contribution in [2.45, 2.75) is 18.9 Å². The van der Waals surface area contributed by atoms with Gasteiger partial charge in [-0.05, 0) is 31.0 Å². The highest BCUT2D eigenvalue weighted by Crippen LogP contribution is 2.19. The molecule has 6 heteroatoms. The number of benzene rings is 1. The van der Waals surface area contributed by atoms with Gasteiger partial charge in [-0.2, -0.15) is 0 Å². The van der Waals surface area contributed by atoms with Crippen LogP contribution in [0.1, 0.15) is 23.2 Å². The summed E-state index contributed by atoms with van der Waals surface area (Å²) in [5.41, 5.74) is 0.353. The molecule has 1 fully saturated rings. The zero-order valence-corrected chi connectivity index (χ0v) is 11.0. The molecule has 18 heavy (non-hydrogen) atoms. The summed E-state index contributed by atoms with van der Waals surface area (Å²) < 4.78 is 0. The van der Waals surface area contributed by atoms with Crippen LogP contribution in [0.25, 0.3) is 0 Å². The molecule has 4 nitrogen and oxygen atoms in total. The lowest BCUT2D eigenvalue weighted by molar-refractivity contribution is -0.124. The second-order valence-corrected chi connectivity index (χ2v) is 4.99. The third-order valence-electron chi connectivity index (χ3n) is 2.72. The molecule has 1 aliphatic rings. The second-order valence-electron chi connectivity index (χ2n) is 4.12. The summed E-state index contributed by atoms with van der Waals surface area (Å²) in [7, 11) is 0. The Kier molecular flexibility index (Phi) is 4.09. The van der Waals surface area contributed by atoms with E-state index in [-0.39, 0.29) is 11.8 Å². The first kappa shape index (κ1) is 13.2. The molecule has 0 aromatic heterocycles. The molecule has 1 unspecified atom stereocenters. The average Bonchev–Trinajstić information content (AvgIpc) is 2.31. The van der Waals surface area contributed by atoms with Crippen LogP contribution in [-0.2, 0) is 4.79 Å². The summed E-state index contributed by atoms with van der Waals surface area (Å²) in [5.74, 6) is -0.496. The van der Waals surface area contributed by atoms with Gasteiger partial charge in [-0.1, -0.05) is 23.2 Å².